The molecule has 0 unspecified atom stereocenters. The van der Waals surface area contributed by atoms with Crippen molar-refractivity contribution in [2.24, 2.45) is 0 Å². The Morgan fingerprint density at radius 3 is 2.57 bits per heavy atom. The lowest BCUT2D eigenvalue weighted by atomic mass is 10.2. The molecule has 0 bridgehead atoms. The van der Waals surface area contributed by atoms with E-state index in [9.17, 15) is 0 Å². The van der Waals surface area contributed by atoms with Crippen molar-refractivity contribution in [2.45, 2.75) is 6.92 Å². The standard InChI is InChI=1S/C17H19ClN2O2S/c1-12-3-6-14(7-4-12)22-10-9-19-17(23)20-13-5-8-16(21-2)15(18)11-13/h3-8,11H,9-10H2,1-2H3,(H2,19,20,23). The fourth-order valence-electron chi connectivity index (χ4n) is 1.89. The second-order valence-electron chi connectivity index (χ2n) is 4.89. The number of halogens is 1. The molecule has 0 amide bonds. The Morgan fingerprint density at radius 2 is 1.91 bits per heavy atom. The molecule has 2 N–H and O–H groups in total. The number of hydrogen-bond donors (Lipinski definition) is 2. The molecule has 4 nitrogen and oxygen atoms in total. The predicted octanol–water partition coefficient (Wildman–Crippen LogP) is 4.02. The van der Waals surface area contributed by atoms with Crippen LogP contribution in [0.5, 0.6) is 11.5 Å². The maximum atomic E-state index is 6.07. The van der Waals surface area contributed by atoms with Crippen LogP contribution >= 0.6 is 23.8 Å². The molecule has 0 heterocycles. The zero-order valence-electron chi connectivity index (χ0n) is 13.1. The van der Waals surface area contributed by atoms with Gasteiger partial charge < -0.3 is 20.1 Å². The Bertz CT molecular complexity index is 662. The molecule has 2 aromatic carbocycles. The molecule has 122 valence electrons. The van der Waals surface area contributed by atoms with Gasteiger partial charge in [-0.15, -0.1) is 0 Å². The van der Waals surface area contributed by atoms with Crippen molar-refractivity contribution in [3.8, 4) is 11.5 Å². The van der Waals surface area contributed by atoms with E-state index in [1.807, 2.05) is 37.3 Å². The number of anilines is 1. The molecule has 0 aliphatic heterocycles. The van der Waals surface area contributed by atoms with Gasteiger partial charge in [-0.25, -0.2) is 0 Å². The minimum atomic E-state index is 0.513. The first kappa shape index (κ1) is 17.4. The van der Waals surface area contributed by atoms with Crippen molar-refractivity contribution >= 4 is 34.6 Å². The third kappa shape index (κ3) is 5.62. The monoisotopic (exact) mass is 350 g/mol. The van der Waals surface area contributed by atoms with E-state index in [-0.39, 0.29) is 0 Å². The Kier molecular flexibility index (Phi) is 6.50. The summed E-state index contributed by atoms with van der Waals surface area (Å²) in [6.45, 7) is 3.17. The Labute approximate surface area is 146 Å². The lowest BCUT2D eigenvalue weighted by Crippen LogP contribution is -2.31. The van der Waals surface area contributed by atoms with Gasteiger partial charge in [0.25, 0.3) is 0 Å². The number of thiocarbonyl (C=S) groups is 1. The zero-order chi connectivity index (χ0) is 16.7. The van der Waals surface area contributed by atoms with E-state index in [0.29, 0.717) is 29.0 Å². The number of aryl methyl sites for hydroxylation is 1. The second kappa shape index (κ2) is 8.60. The molecule has 6 heteroatoms. The highest BCUT2D eigenvalue weighted by atomic mass is 35.5. The van der Waals surface area contributed by atoms with E-state index in [1.165, 1.54) is 5.56 Å². The quantitative estimate of drug-likeness (QED) is 0.608. The molecule has 0 atom stereocenters. The number of ether oxygens (including phenoxy) is 2. The van der Waals surface area contributed by atoms with Gasteiger partial charge in [-0.1, -0.05) is 29.3 Å². The first-order valence-corrected chi connectivity index (χ1v) is 7.95. The third-order valence-electron chi connectivity index (χ3n) is 3.09. The molecule has 0 aliphatic carbocycles. The Morgan fingerprint density at radius 1 is 1.17 bits per heavy atom. The van der Waals surface area contributed by atoms with Crippen LogP contribution in [0.1, 0.15) is 5.56 Å². The van der Waals surface area contributed by atoms with Gasteiger partial charge in [0.15, 0.2) is 5.11 Å². The molecule has 0 saturated heterocycles. The van der Waals surface area contributed by atoms with E-state index in [0.717, 1.165) is 11.4 Å². The average molecular weight is 351 g/mol. The van der Waals surface area contributed by atoms with Crippen LogP contribution in [-0.4, -0.2) is 25.4 Å². The average Bonchev–Trinajstić information content (AvgIpc) is 2.53. The minimum absolute atomic E-state index is 0.513. The van der Waals surface area contributed by atoms with Crippen LogP contribution in [0.15, 0.2) is 42.5 Å². The van der Waals surface area contributed by atoms with E-state index in [4.69, 9.17) is 33.3 Å². The van der Waals surface area contributed by atoms with Gasteiger partial charge in [-0.2, -0.15) is 0 Å². The smallest absolute Gasteiger partial charge is 0.170 e. The molecular weight excluding hydrogens is 332 g/mol. The molecule has 0 aromatic heterocycles. The summed E-state index contributed by atoms with van der Waals surface area (Å²) in [4.78, 5) is 0. The highest BCUT2D eigenvalue weighted by Crippen LogP contribution is 2.27. The van der Waals surface area contributed by atoms with Gasteiger partial charge in [-0.05, 0) is 49.5 Å². The summed E-state index contributed by atoms with van der Waals surface area (Å²) in [7, 11) is 1.58. The maximum absolute atomic E-state index is 6.07. The molecule has 2 rings (SSSR count). The predicted molar refractivity (Wildman–Crippen MR) is 98.9 cm³/mol. The molecule has 0 saturated carbocycles. The van der Waals surface area contributed by atoms with Gasteiger partial charge in [0.1, 0.15) is 18.1 Å². The molecule has 0 aliphatic rings. The van der Waals surface area contributed by atoms with Crippen LogP contribution in [-0.2, 0) is 0 Å². The summed E-state index contributed by atoms with van der Waals surface area (Å²) < 4.78 is 10.7. The van der Waals surface area contributed by atoms with Crippen LogP contribution in [0, 0.1) is 6.92 Å². The Balaban J connectivity index is 1.72. The van der Waals surface area contributed by atoms with E-state index >= 15 is 0 Å². The number of hydrogen-bond acceptors (Lipinski definition) is 3. The van der Waals surface area contributed by atoms with Gasteiger partial charge >= 0.3 is 0 Å². The minimum Gasteiger partial charge on any atom is -0.495 e. The molecule has 2 aromatic rings. The number of benzene rings is 2. The first-order chi connectivity index (χ1) is 11.1. The summed E-state index contributed by atoms with van der Waals surface area (Å²) in [5, 5.41) is 7.19. The normalized spacial score (nSPS) is 10.0. The van der Waals surface area contributed by atoms with Crippen LogP contribution in [0.25, 0.3) is 0 Å². The van der Waals surface area contributed by atoms with Crippen LogP contribution in [0.3, 0.4) is 0 Å². The Hall–Kier alpha value is -1.98. The maximum Gasteiger partial charge on any atom is 0.170 e. The summed E-state index contributed by atoms with van der Waals surface area (Å²) in [6, 6.07) is 13.3. The molecule has 0 spiro atoms. The van der Waals surface area contributed by atoms with Crippen molar-refractivity contribution in [3.63, 3.8) is 0 Å². The van der Waals surface area contributed by atoms with Crippen molar-refractivity contribution < 1.29 is 9.47 Å². The largest absolute Gasteiger partial charge is 0.495 e. The summed E-state index contributed by atoms with van der Waals surface area (Å²) in [5.41, 5.74) is 2.01. The third-order valence-corrected chi connectivity index (χ3v) is 3.63. The fraction of sp³-hybridized carbons (Fsp3) is 0.235. The highest BCUT2D eigenvalue weighted by Gasteiger charge is 2.03. The van der Waals surface area contributed by atoms with Crippen LogP contribution < -0.4 is 20.1 Å². The number of nitrogens with one attached hydrogen (secondary N) is 2. The topological polar surface area (TPSA) is 42.5 Å². The van der Waals surface area contributed by atoms with Gasteiger partial charge in [-0.3, -0.25) is 0 Å². The highest BCUT2D eigenvalue weighted by molar-refractivity contribution is 7.80. The fourth-order valence-corrected chi connectivity index (χ4v) is 2.36. The van der Waals surface area contributed by atoms with Crippen LogP contribution in [0.2, 0.25) is 5.02 Å². The number of methoxy groups -OCH3 is 1. The van der Waals surface area contributed by atoms with Gasteiger partial charge in [0.2, 0.25) is 0 Å². The molecule has 0 fully saturated rings. The summed E-state index contributed by atoms with van der Waals surface area (Å²) in [6.07, 6.45) is 0. The second-order valence-corrected chi connectivity index (χ2v) is 5.71. The van der Waals surface area contributed by atoms with Gasteiger partial charge in [0, 0.05) is 5.69 Å². The van der Waals surface area contributed by atoms with Crippen molar-refractivity contribution in [2.75, 3.05) is 25.6 Å². The van der Waals surface area contributed by atoms with Crippen molar-refractivity contribution in [1.29, 1.82) is 0 Å². The van der Waals surface area contributed by atoms with Crippen molar-refractivity contribution in [1.82, 2.24) is 5.32 Å². The number of rotatable bonds is 6. The molecular formula is C17H19ClN2O2S. The summed E-state index contributed by atoms with van der Waals surface area (Å²) >= 11 is 11.3. The SMILES string of the molecule is COc1ccc(NC(=S)NCCOc2ccc(C)cc2)cc1Cl. The molecule has 23 heavy (non-hydrogen) atoms. The molecule has 0 radical (unpaired) electrons. The zero-order valence-corrected chi connectivity index (χ0v) is 14.6. The van der Waals surface area contributed by atoms with E-state index < -0.39 is 0 Å². The lowest BCUT2D eigenvalue weighted by Gasteiger charge is -2.12. The van der Waals surface area contributed by atoms with E-state index in [2.05, 4.69) is 10.6 Å². The lowest BCUT2D eigenvalue weighted by molar-refractivity contribution is 0.322. The summed E-state index contributed by atoms with van der Waals surface area (Å²) in [5.74, 6) is 1.47. The van der Waals surface area contributed by atoms with Gasteiger partial charge in [0.05, 0.1) is 18.7 Å². The van der Waals surface area contributed by atoms with Crippen LogP contribution in [0.4, 0.5) is 5.69 Å². The first-order valence-electron chi connectivity index (χ1n) is 7.16. The van der Waals surface area contributed by atoms with Crippen molar-refractivity contribution in [3.05, 3.63) is 53.1 Å². The van der Waals surface area contributed by atoms with E-state index in [1.54, 1.807) is 19.2 Å².